The summed E-state index contributed by atoms with van der Waals surface area (Å²) < 4.78 is 22.4. The first kappa shape index (κ1) is 18.5. The zero-order valence-corrected chi connectivity index (χ0v) is 14.9. The fourth-order valence-corrected chi connectivity index (χ4v) is 2.70. The van der Waals surface area contributed by atoms with E-state index in [0.717, 1.165) is 11.1 Å². The van der Waals surface area contributed by atoms with Crippen LogP contribution in [0.15, 0.2) is 72.2 Å². The minimum absolute atomic E-state index is 0.199. The van der Waals surface area contributed by atoms with Gasteiger partial charge in [0.2, 0.25) is 0 Å². The van der Waals surface area contributed by atoms with Crippen LogP contribution in [0.3, 0.4) is 0 Å². The van der Waals surface area contributed by atoms with Gasteiger partial charge in [-0.3, -0.25) is 0 Å². The molecule has 1 aliphatic rings. The third-order valence-electron chi connectivity index (χ3n) is 4.18. The van der Waals surface area contributed by atoms with E-state index in [0.29, 0.717) is 37.6 Å². The minimum Gasteiger partial charge on any atom is -0.490 e. The molecule has 1 aliphatic heterocycles. The van der Waals surface area contributed by atoms with E-state index >= 15 is 0 Å². The Labute approximate surface area is 153 Å². The third-order valence-corrected chi connectivity index (χ3v) is 4.18. The maximum atomic E-state index is 10.3. The SMILES string of the molecule is COC1(O)CCC(OCc2ccccc2)=C(COCc2ccccc2)O1. The zero-order valence-electron chi connectivity index (χ0n) is 14.9. The van der Waals surface area contributed by atoms with Crippen molar-refractivity contribution in [2.45, 2.75) is 32.0 Å². The van der Waals surface area contributed by atoms with Crippen LogP contribution in [0, 0.1) is 0 Å². The summed E-state index contributed by atoms with van der Waals surface area (Å²) in [7, 11) is 1.41. The number of allylic oxidation sites excluding steroid dienone is 1. The van der Waals surface area contributed by atoms with Crippen molar-refractivity contribution in [3.63, 3.8) is 0 Å². The molecule has 138 valence electrons. The molecule has 0 aromatic heterocycles. The second-order valence-electron chi connectivity index (χ2n) is 6.12. The molecule has 1 N–H and O–H groups in total. The Balaban J connectivity index is 1.64. The highest BCUT2D eigenvalue weighted by Gasteiger charge is 2.36. The Morgan fingerprint density at radius 1 is 0.923 bits per heavy atom. The Kier molecular flexibility index (Phi) is 6.28. The van der Waals surface area contributed by atoms with Crippen molar-refractivity contribution in [2.24, 2.45) is 0 Å². The molecule has 5 heteroatoms. The lowest BCUT2D eigenvalue weighted by atomic mass is 10.1. The van der Waals surface area contributed by atoms with Crippen LogP contribution in [0.4, 0.5) is 0 Å². The molecule has 0 bridgehead atoms. The van der Waals surface area contributed by atoms with Gasteiger partial charge in [-0.2, -0.15) is 0 Å². The number of aliphatic hydroxyl groups is 1. The van der Waals surface area contributed by atoms with E-state index in [1.807, 2.05) is 60.7 Å². The molecule has 0 radical (unpaired) electrons. The quantitative estimate of drug-likeness (QED) is 0.730. The van der Waals surface area contributed by atoms with Crippen LogP contribution in [0.25, 0.3) is 0 Å². The van der Waals surface area contributed by atoms with Crippen molar-refractivity contribution in [2.75, 3.05) is 13.7 Å². The Hall–Kier alpha value is -2.34. The Bertz CT molecular complexity index is 714. The van der Waals surface area contributed by atoms with Crippen molar-refractivity contribution in [1.82, 2.24) is 0 Å². The molecule has 5 nitrogen and oxygen atoms in total. The highest BCUT2D eigenvalue weighted by molar-refractivity contribution is 5.15. The second-order valence-corrected chi connectivity index (χ2v) is 6.12. The maximum absolute atomic E-state index is 10.3. The standard InChI is InChI=1S/C21H24O5/c1-23-21(22)13-12-19(25-15-18-10-6-3-7-11-18)20(26-21)16-24-14-17-8-4-2-5-9-17/h2-11,22H,12-16H2,1H3. The van der Waals surface area contributed by atoms with Crippen LogP contribution in [0.2, 0.25) is 0 Å². The van der Waals surface area contributed by atoms with Crippen LogP contribution in [-0.4, -0.2) is 24.8 Å². The first-order valence-corrected chi connectivity index (χ1v) is 8.65. The predicted molar refractivity (Wildman–Crippen MR) is 96.6 cm³/mol. The van der Waals surface area contributed by atoms with Gasteiger partial charge in [-0.1, -0.05) is 60.7 Å². The van der Waals surface area contributed by atoms with Gasteiger partial charge in [0.15, 0.2) is 5.76 Å². The molecule has 0 saturated carbocycles. The van der Waals surface area contributed by atoms with Crippen LogP contribution in [0.1, 0.15) is 24.0 Å². The van der Waals surface area contributed by atoms with E-state index in [-0.39, 0.29) is 6.61 Å². The van der Waals surface area contributed by atoms with Gasteiger partial charge in [0.25, 0.3) is 0 Å². The molecule has 3 rings (SSSR count). The van der Waals surface area contributed by atoms with Crippen molar-refractivity contribution >= 4 is 0 Å². The van der Waals surface area contributed by atoms with Crippen molar-refractivity contribution in [3.05, 3.63) is 83.3 Å². The maximum Gasteiger partial charge on any atom is 0.324 e. The molecular weight excluding hydrogens is 332 g/mol. The molecule has 1 unspecified atom stereocenters. The van der Waals surface area contributed by atoms with Gasteiger partial charge in [0.05, 0.1) is 6.61 Å². The molecule has 0 saturated heterocycles. The second kappa shape index (κ2) is 8.85. The molecule has 1 atom stereocenters. The van der Waals surface area contributed by atoms with E-state index < -0.39 is 5.97 Å². The summed E-state index contributed by atoms with van der Waals surface area (Å²) >= 11 is 0. The Morgan fingerprint density at radius 2 is 1.54 bits per heavy atom. The van der Waals surface area contributed by atoms with E-state index in [1.165, 1.54) is 7.11 Å². The summed E-state index contributed by atoms with van der Waals surface area (Å²) in [5.41, 5.74) is 2.13. The predicted octanol–water partition coefficient (Wildman–Crippen LogP) is 3.73. The fraction of sp³-hybridized carbons (Fsp3) is 0.333. The number of rotatable bonds is 8. The zero-order chi connectivity index (χ0) is 18.2. The lowest BCUT2D eigenvalue weighted by Crippen LogP contribution is -2.38. The topological polar surface area (TPSA) is 57.2 Å². The van der Waals surface area contributed by atoms with Gasteiger partial charge in [-0.05, 0) is 11.1 Å². The van der Waals surface area contributed by atoms with Crippen molar-refractivity contribution in [3.8, 4) is 0 Å². The smallest absolute Gasteiger partial charge is 0.324 e. The van der Waals surface area contributed by atoms with Gasteiger partial charge < -0.3 is 24.1 Å². The number of ether oxygens (including phenoxy) is 4. The molecule has 0 aliphatic carbocycles. The van der Waals surface area contributed by atoms with E-state index in [9.17, 15) is 5.11 Å². The molecule has 0 fully saturated rings. The van der Waals surface area contributed by atoms with Gasteiger partial charge in [-0.25, -0.2) is 0 Å². The molecule has 0 amide bonds. The molecular formula is C21H24O5. The molecule has 2 aromatic carbocycles. The number of methoxy groups -OCH3 is 1. The highest BCUT2D eigenvalue weighted by Crippen LogP contribution is 2.32. The Morgan fingerprint density at radius 3 is 2.15 bits per heavy atom. The van der Waals surface area contributed by atoms with Crippen LogP contribution < -0.4 is 0 Å². The van der Waals surface area contributed by atoms with Crippen LogP contribution in [0.5, 0.6) is 0 Å². The van der Waals surface area contributed by atoms with Crippen LogP contribution in [-0.2, 0) is 32.2 Å². The summed E-state index contributed by atoms with van der Waals surface area (Å²) in [4.78, 5) is 0. The average Bonchev–Trinajstić information content (AvgIpc) is 2.69. The van der Waals surface area contributed by atoms with Gasteiger partial charge >= 0.3 is 5.97 Å². The highest BCUT2D eigenvalue weighted by atomic mass is 16.8. The van der Waals surface area contributed by atoms with Crippen molar-refractivity contribution in [1.29, 1.82) is 0 Å². The van der Waals surface area contributed by atoms with Gasteiger partial charge in [0.1, 0.15) is 19.0 Å². The van der Waals surface area contributed by atoms with E-state index in [2.05, 4.69) is 0 Å². The van der Waals surface area contributed by atoms with Gasteiger partial charge in [-0.15, -0.1) is 0 Å². The summed E-state index contributed by atoms with van der Waals surface area (Å²) in [6.07, 6.45) is 0.816. The summed E-state index contributed by atoms with van der Waals surface area (Å²) in [5.74, 6) is -0.485. The summed E-state index contributed by atoms with van der Waals surface area (Å²) in [6.45, 7) is 1.09. The monoisotopic (exact) mass is 356 g/mol. The van der Waals surface area contributed by atoms with E-state index in [4.69, 9.17) is 18.9 Å². The number of benzene rings is 2. The third kappa shape index (κ3) is 5.08. The normalized spacial score (nSPS) is 19.9. The average molecular weight is 356 g/mol. The first-order chi connectivity index (χ1) is 12.7. The number of hydrogen-bond acceptors (Lipinski definition) is 5. The molecule has 2 aromatic rings. The fourth-order valence-electron chi connectivity index (χ4n) is 2.70. The molecule has 1 heterocycles. The molecule has 26 heavy (non-hydrogen) atoms. The summed E-state index contributed by atoms with van der Waals surface area (Å²) in [6, 6.07) is 19.8. The van der Waals surface area contributed by atoms with Gasteiger partial charge in [0, 0.05) is 20.0 Å². The largest absolute Gasteiger partial charge is 0.490 e. The summed E-state index contributed by atoms with van der Waals surface area (Å²) in [5, 5.41) is 10.3. The lowest BCUT2D eigenvalue weighted by molar-refractivity contribution is -0.346. The van der Waals surface area contributed by atoms with Crippen LogP contribution >= 0.6 is 0 Å². The minimum atomic E-state index is -1.63. The van der Waals surface area contributed by atoms with Crippen molar-refractivity contribution < 1.29 is 24.1 Å². The molecule has 0 spiro atoms. The number of hydrogen-bond donors (Lipinski definition) is 1. The van der Waals surface area contributed by atoms with E-state index in [1.54, 1.807) is 0 Å². The lowest BCUT2D eigenvalue weighted by Gasteiger charge is -2.33. The first-order valence-electron chi connectivity index (χ1n) is 8.65.